The molecule has 2 aromatic rings. The summed E-state index contributed by atoms with van der Waals surface area (Å²) in [5, 5.41) is 11.5. The lowest BCUT2D eigenvalue weighted by atomic mass is 10.1. The van der Waals surface area contributed by atoms with Crippen molar-refractivity contribution in [1.29, 1.82) is 0 Å². The zero-order valence-electron chi connectivity index (χ0n) is 11.2. The normalized spacial score (nSPS) is 10.9. The van der Waals surface area contributed by atoms with Crippen molar-refractivity contribution in [2.75, 3.05) is 13.1 Å². The topological polar surface area (TPSA) is 51.0 Å². The minimum atomic E-state index is 0.578. The SMILES string of the molecule is CCNCCCc1nnc(-c2cc(C)ccc2Br)o1. The fraction of sp³-hybridized carbons (Fsp3) is 0.429. The molecule has 0 aliphatic carbocycles. The van der Waals surface area contributed by atoms with Gasteiger partial charge in [-0.15, -0.1) is 10.2 Å². The fourth-order valence-corrected chi connectivity index (χ4v) is 2.22. The summed E-state index contributed by atoms with van der Waals surface area (Å²) in [6, 6.07) is 6.08. The highest BCUT2D eigenvalue weighted by Crippen LogP contribution is 2.28. The molecule has 1 aromatic heterocycles. The molecule has 0 aliphatic rings. The van der Waals surface area contributed by atoms with E-state index in [9.17, 15) is 0 Å². The molecule has 0 aliphatic heterocycles. The maximum atomic E-state index is 5.71. The Kier molecular flexibility index (Phi) is 5.10. The van der Waals surface area contributed by atoms with Gasteiger partial charge < -0.3 is 9.73 Å². The number of aromatic nitrogens is 2. The van der Waals surface area contributed by atoms with E-state index >= 15 is 0 Å². The lowest BCUT2D eigenvalue weighted by Gasteiger charge is -2.00. The van der Waals surface area contributed by atoms with Crippen LogP contribution in [0.2, 0.25) is 0 Å². The Labute approximate surface area is 121 Å². The molecular weight excluding hydrogens is 306 g/mol. The van der Waals surface area contributed by atoms with E-state index in [1.807, 2.05) is 25.1 Å². The summed E-state index contributed by atoms with van der Waals surface area (Å²) in [7, 11) is 0. The predicted molar refractivity (Wildman–Crippen MR) is 79.0 cm³/mol. The van der Waals surface area contributed by atoms with Crippen LogP contribution in [0.15, 0.2) is 27.1 Å². The number of aryl methyl sites for hydroxylation is 2. The second kappa shape index (κ2) is 6.82. The molecule has 0 atom stereocenters. The molecule has 19 heavy (non-hydrogen) atoms. The Morgan fingerprint density at radius 2 is 2.16 bits per heavy atom. The van der Waals surface area contributed by atoms with E-state index in [0.717, 1.165) is 36.0 Å². The highest BCUT2D eigenvalue weighted by atomic mass is 79.9. The molecule has 0 radical (unpaired) electrons. The Morgan fingerprint density at radius 1 is 1.32 bits per heavy atom. The van der Waals surface area contributed by atoms with Gasteiger partial charge in [0, 0.05) is 10.9 Å². The largest absolute Gasteiger partial charge is 0.421 e. The van der Waals surface area contributed by atoms with Gasteiger partial charge >= 0.3 is 0 Å². The second-order valence-corrected chi connectivity index (χ2v) is 5.30. The van der Waals surface area contributed by atoms with Crippen LogP contribution in [0.4, 0.5) is 0 Å². The van der Waals surface area contributed by atoms with Gasteiger partial charge in [0.05, 0.1) is 5.56 Å². The molecule has 2 rings (SSSR count). The molecule has 0 saturated carbocycles. The number of nitrogens with one attached hydrogen (secondary N) is 1. The minimum absolute atomic E-state index is 0.578. The standard InChI is InChI=1S/C14H18BrN3O/c1-3-16-8-4-5-13-17-18-14(19-13)11-9-10(2)6-7-12(11)15/h6-7,9,16H,3-5,8H2,1-2H3. The van der Waals surface area contributed by atoms with E-state index in [2.05, 4.69) is 38.4 Å². The van der Waals surface area contributed by atoms with Crippen LogP contribution in [-0.2, 0) is 6.42 Å². The lowest BCUT2D eigenvalue weighted by Crippen LogP contribution is -2.14. The molecule has 0 saturated heterocycles. The van der Waals surface area contributed by atoms with E-state index < -0.39 is 0 Å². The predicted octanol–water partition coefficient (Wildman–Crippen LogP) is 3.35. The van der Waals surface area contributed by atoms with Crippen LogP contribution in [0.5, 0.6) is 0 Å². The zero-order valence-corrected chi connectivity index (χ0v) is 12.8. The number of halogens is 1. The molecule has 102 valence electrons. The molecule has 4 nitrogen and oxygen atoms in total. The van der Waals surface area contributed by atoms with Gasteiger partial charge in [-0.3, -0.25) is 0 Å². The van der Waals surface area contributed by atoms with Crippen molar-refractivity contribution in [1.82, 2.24) is 15.5 Å². The third-order valence-electron chi connectivity index (χ3n) is 2.81. The summed E-state index contributed by atoms with van der Waals surface area (Å²) in [4.78, 5) is 0. The molecule has 0 spiro atoms. The van der Waals surface area contributed by atoms with Crippen LogP contribution in [0, 0.1) is 6.92 Å². The summed E-state index contributed by atoms with van der Waals surface area (Å²) in [5.74, 6) is 1.27. The third kappa shape index (κ3) is 3.88. The van der Waals surface area contributed by atoms with Crippen LogP contribution in [0.3, 0.4) is 0 Å². The number of rotatable bonds is 6. The quantitative estimate of drug-likeness (QED) is 0.828. The Bertz CT molecular complexity index is 539. The van der Waals surface area contributed by atoms with Gasteiger partial charge in [-0.05, 0) is 54.5 Å². The van der Waals surface area contributed by atoms with Crippen molar-refractivity contribution >= 4 is 15.9 Å². The van der Waals surface area contributed by atoms with Gasteiger partial charge in [0.15, 0.2) is 0 Å². The molecule has 1 aromatic carbocycles. The molecule has 0 bridgehead atoms. The Balaban J connectivity index is 2.06. The second-order valence-electron chi connectivity index (χ2n) is 4.44. The summed E-state index contributed by atoms with van der Waals surface area (Å²) < 4.78 is 6.68. The number of hydrogen-bond donors (Lipinski definition) is 1. The first-order chi connectivity index (χ1) is 9.20. The summed E-state index contributed by atoms with van der Waals surface area (Å²) >= 11 is 3.51. The van der Waals surface area contributed by atoms with Crippen molar-refractivity contribution in [2.24, 2.45) is 0 Å². The van der Waals surface area contributed by atoms with Crippen LogP contribution < -0.4 is 5.32 Å². The first-order valence-corrected chi connectivity index (χ1v) is 7.29. The molecule has 0 unspecified atom stereocenters. The maximum Gasteiger partial charge on any atom is 0.248 e. The van der Waals surface area contributed by atoms with Gasteiger partial charge in [0.1, 0.15) is 0 Å². The van der Waals surface area contributed by atoms with Gasteiger partial charge in [-0.25, -0.2) is 0 Å². The third-order valence-corrected chi connectivity index (χ3v) is 3.50. The van der Waals surface area contributed by atoms with E-state index in [4.69, 9.17) is 4.42 Å². The summed E-state index contributed by atoms with van der Waals surface area (Å²) in [6.45, 7) is 6.11. The molecule has 1 N–H and O–H groups in total. The average Bonchev–Trinajstić information content (AvgIpc) is 2.86. The van der Waals surface area contributed by atoms with E-state index in [1.165, 1.54) is 5.56 Å². The van der Waals surface area contributed by atoms with Crippen LogP contribution in [-0.4, -0.2) is 23.3 Å². The highest BCUT2D eigenvalue weighted by Gasteiger charge is 2.11. The summed E-state index contributed by atoms with van der Waals surface area (Å²) in [6.07, 6.45) is 1.81. The zero-order chi connectivity index (χ0) is 13.7. The van der Waals surface area contributed by atoms with Gasteiger partial charge in [0.25, 0.3) is 0 Å². The van der Waals surface area contributed by atoms with Gasteiger partial charge in [-0.1, -0.05) is 18.6 Å². The lowest BCUT2D eigenvalue weighted by molar-refractivity contribution is 0.492. The number of hydrogen-bond acceptors (Lipinski definition) is 4. The van der Waals surface area contributed by atoms with E-state index in [-0.39, 0.29) is 0 Å². The fourth-order valence-electron chi connectivity index (χ4n) is 1.81. The van der Waals surface area contributed by atoms with Crippen LogP contribution in [0.1, 0.15) is 24.8 Å². The average molecular weight is 324 g/mol. The van der Waals surface area contributed by atoms with Crippen molar-refractivity contribution in [2.45, 2.75) is 26.7 Å². The van der Waals surface area contributed by atoms with E-state index in [0.29, 0.717) is 11.8 Å². The van der Waals surface area contributed by atoms with Crippen molar-refractivity contribution in [3.05, 3.63) is 34.1 Å². The van der Waals surface area contributed by atoms with Crippen molar-refractivity contribution in [3.63, 3.8) is 0 Å². The molecule has 0 amide bonds. The van der Waals surface area contributed by atoms with E-state index in [1.54, 1.807) is 0 Å². The molecular formula is C14H18BrN3O. The number of benzene rings is 1. The smallest absolute Gasteiger partial charge is 0.248 e. The minimum Gasteiger partial charge on any atom is -0.421 e. The first kappa shape index (κ1) is 14.2. The van der Waals surface area contributed by atoms with Crippen molar-refractivity contribution < 1.29 is 4.42 Å². The highest BCUT2D eigenvalue weighted by molar-refractivity contribution is 9.10. The Hall–Kier alpha value is -1.20. The van der Waals surface area contributed by atoms with Crippen LogP contribution in [0.25, 0.3) is 11.5 Å². The van der Waals surface area contributed by atoms with Gasteiger partial charge in [0.2, 0.25) is 11.8 Å². The molecule has 5 heteroatoms. The van der Waals surface area contributed by atoms with Gasteiger partial charge in [-0.2, -0.15) is 0 Å². The number of nitrogens with zero attached hydrogens (tertiary/aromatic N) is 2. The van der Waals surface area contributed by atoms with Crippen molar-refractivity contribution in [3.8, 4) is 11.5 Å². The summed E-state index contributed by atoms with van der Waals surface area (Å²) in [5.41, 5.74) is 2.12. The molecule has 0 fully saturated rings. The van der Waals surface area contributed by atoms with Crippen LogP contribution >= 0.6 is 15.9 Å². The Morgan fingerprint density at radius 3 is 2.95 bits per heavy atom. The molecule has 1 heterocycles. The maximum absolute atomic E-state index is 5.71. The first-order valence-electron chi connectivity index (χ1n) is 6.50. The monoisotopic (exact) mass is 323 g/mol.